The molecule has 1 aromatic carbocycles. The molecule has 18 heavy (non-hydrogen) atoms. The summed E-state index contributed by atoms with van der Waals surface area (Å²) in [7, 11) is 1.49. The zero-order valence-corrected chi connectivity index (χ0v) is 9.89. The second kappa shape index (κ2) is 6.00. The number of carbonyl (C=O) groups is 2. The highest BCUT2D eigenvalue weighted by molar-refractivity contribution is 5.96. The Morgan fingerprint density at radius 3 is 2.61 bits per heavy atom. The van der Waals surface area contributed by atoms with E-state index in [1.807, 2.05) is 0 Å². The first-order valence-corrected chi connectivity index (χ1v) is 5.37. The fourth-order valence-corrected chi connectivity index (χ4v) is 1.46. The first-order valence-electron chi connectivity index (χ1n) is 5.37. The molecule has 0 saturated carbocycles. The van der Waals surface area contributed by atoms with Gasteiger partial charge < -0.3 is 15.1 Å². The number of rotatable bonds is 5. The van der Waals surface area contributed by atoms with Gasteiger partial charge in [-0.3, -0.25) is 9.59 Å². The molecule has 6 heteroatoms. The summed E-state index contributed by atoms with van der Waals surface area (Å²) in [6, 6.07) is 3.14. The third-order valence-electron chi connectivity index (χ3n) is 2.42. The Morgan fingerprint density at radius 1 is 1.39 bits per heavy atom. The third-order valence-corrected chi connectivity index (χ3v) is 2.42. The summed E-state index contributed by atoms with van der Waals surface area (Å²) in [6.07, 6.45) is 0.284. The fourth-order valence-electron chi connectivity index (χ4n) is 1.46. The highest BCUT2D eigenvalue weighted by atomic mass is 19.1. The Balaban J connectivity index is 2.65. The van der Waals surface area contributed by atoms with E-state index in [1.54, 1.807) is 0 Å². The second-order valence-corrected chi connectivity index (χ2v) is 3.89. The predicted molar refractivity (Wildman–Crippen MR) is 61.9 cm³/mol. The summed E-state index contributed by atoms with van der Waals surface area (Å²) < 4.78 is 12.8. The molecule has 5 nitrogen and oxygen atoms in total. The van der Waals surface area contributed by atoms with Gasteiger partial charge in [0.25, 0.3) is 5.91 Å². The zero-order chi connectivity index (χ0) is 13.7. The van der Waals surface area contributed by atoms with E-state index < -0.39 is 23.4 Å². The first-order chi connectivity index (χ1) is 8.41. The molecule has 0 aliphatic rings. The molecule has 0 unspecified atom stereocenters. The van der Waals surface area contributed by atoms with Crippen LogP contribution in [0.25, 0.3) is 0 Å². The molecule has 2 N–H and O–H groups in total. The molecular weight excluding hydrogens is 241 g/mol. The van der Waals surface area contributed by atoms with Gasteiger partial charge in [0.2, 0.25) is 0 Å². The number of hydrogen-bond acceptors (Lipinski definition) is 3. The highest BCUT2D eigenvalue weighted by Crippen LogP contribution is 2.19. The van der Waals surface area contributed by atoms with Crippen molar-refractivity contribution < 1.29 is 24.2 Å². The van der Waals surface area contributed by atoms with Crippen LogP contribution in [0.1, 0.15) is 23.2 Å². The average molecular weight is 255 g/mol. The Kier molecular flexibility index (Phi) is 4.65. The molecule has 0 heterocycles. The van der Waals surface area contributed by atoms with Crippen molar-refractivity contribution in [1.82, 2.24) is 4.90 Å². The lowest BCUT2D eigenvalue weighted by atomic mass is 10.1. The standard InChI is InChI=1S/C12H14FNO4/c1-14(6-2-3-11(16)17)12(18)9-5-4-8(13)7-10(9)15/h4-5,7,15H,2-3,6H2,1H3,(H,16,17). The molecule has 0 spiro atoms. The van der Waals surface area contributed by atoms with Crippen molar-refractivity contribution in [2.75, 3.05) is 13.6 Å². The Hall–Kier alpha value is -2.11. The minimum Gasteiger partial charge on any atom is -0.507 e. The molecule has 0 radical (unpaired) electrons. The van der Waals surface area contributed by atoms with E-state index >= 15 is 0 Å². The summed E-state index contributed by atoms with van der Waals surface area (Å²) in [5.41, 5.74) is -0.00535. The van der Waals surface area contributed by atoms with E-state index in [1.165, 1.54) is 18.0 Å². The van der Waals surface area contributed by atoms with Crippen LogP contribution in [0.5, 0.6) is 5.75 Å². The lowest BCUT2D eigenvalue weighted by Crippen LogP contribution is -2.28. The van der Waals surface area contributed by atoms with Crippen LogP contribution >= 0.6 is 0 Å². The number of carboxylic acid groups (broad SMARTS) is 1. The second-order valence-electron chi connectivity index (χ2n) is 3.89. The van der Waals surface area contributed by atoms with Crippen molar-refractivity contribution in [3.63, 3.8) is 0 Å². The van der Waals surface area contributed by atoms with Crippen LogP contribution in [0.4, 0.5) is 4.39 Å². The van der Waals surface area contributed by atoms with E-state index in [-0.39, 0.29) is 18.5 Å². The number of carbonyl (C=O) groups excluding carboxylic acids is 1. The predicted octanol–water partition coefficient (Wildman–Crippen LogP) is 1.47. The minimum absolute atomic E-state index is 0.00535. The van der Waals surface area contributed by atoms with Gasteiger partial charge in [-0.25, -0.2) is 4.39 Å². The van der Waals surface area contributed by atoms with Gasteiger partial charge in [-0.2, -0.15) is 0 Å². The minimum atomic E-state index is -0.930. The molecule has 1 rings (SSSR count). The van der Waals surface area contributed by atoms with Crippen LogP contribution in [0, 0.1) is 5.82 Å². The number of hydrogen-bond donors (Lipinski definition) is 2. The third kappa shape index (κ3) is 3.73. The van der Waals surface area contributed by atoms with E-state index in [0.29, 0.717) is 6.42 Å². The van der Waals surface area contributed by atoms with Gasteiger partial charge in [-0.1, -0.05) is 0 Å². The molecule has 0 aromatic heterocycles. The molecule has 0 bridgehead atoms. The van der Waals surface area contributed by atoms with Crippen LogP contribution in [-0.4, -0.2) is 40.6 Å². The van der Waals surface area contributed by atoms with Gasteiger partial charge in [0.15, 0.2) is 0 Å². The normalized spacial score (nSPS) is 10.1. The van der Waals surface area contributed by atoms with Crippen LogP contribution in [0.15, 0.2) is 18.2 Å². The Bertz CT molecular complexity index is 461. The van der Waals surface area contributed by atoms with Crippen molar-refractivity contribution in [3.05, 3.63) is 29.6 Å². The van der Waals surface area contributed by atoms with E-state index in [2.05, 4.69) is 0 Å². The number of aromatic hydroxyl groups is 1. The molecule has 0 atom stereocenters. The smallest absolute Gasteiger partial charge is 0.303 e. The van der Waals surface area contributed by atoms with Crippen LogP contribution in [-0.2, 0) is 4.79 Å². The van der Waals surface area contributed by atoms with Crippen molar-refractivity contribution in [2.24, 2.45) is 0 Å². The molecule has 1 aromatic rings. The molecule has 0 saturated heterocycles. The summed E-state index contributed by atoms with van der Waals surface area (Å²) in [5.74, 6) is -2.46. The number of carboxylic acids is 1. The van der Waals surface area contributed by atoms with E-state index in [9.17, 15) is 19.1 Å². The van der Waals surface area contributed by atoms with Crippen molar-refractivity contribution >= 4 is 11.9 Å². The van der Waals surface area contributed by atoms with Crippen molar-refractivity contribution in [2.45, 2.75) is 12.8 Å². The number of phenols is 1. The number of halogens is 1. The maximum atomic E-state index is 12.8. The monoisotopic (exact) mass is 255 g/mol. The van der Waals surface area contributed by atoms with Crippen LogP contribution in [0.3, 0.4) is 0 Å². The molecule has 98 valence electrons. The summed E-state index contributed by atoms with van der Waals surface area (Å²) in [4.78, 5) is 23.5. The van der Waals surface area contributed by atoms with Gasteiger partial charge in [-0.15, -0.1) is 0 Å². The average Bonchev–Trinajstić information content (AvgIpc) is 2.27. The van der Waals surface area contributed by atoms with Gasteiger partial charge in [-0.05, 0) is 18.6 Å². The highest BCUT2D eigenvalue weighted by Gasteiger charge is 2.16. The zero-order valence-electron chi connectivity index (χ0n) is 9.89. The lowest BCUT2D eigenvalue weighted by Gasteiger charge is -2.17. The maximum Gasteiger partial charge on any atom is 0.303 e. The van der Waals surface area contributed by atoms with Gasteiger partial charge in [0, 0.05) is 26.1 Å². The first kappa shape index (κ1) is 14.0. The maximum absolute atomic E-state index is 12.8. The van der Waals surface area contributed by atoms with Crippen LogP contribution < -0.4 is 0 Å². The van der Waals surface area contributed by atoms with Gasteiger partial charge in [0.05, 0.1) is 5.56 Å². The van der Waals surface area contributed by atoms with Gasteiger partial charge >= 0.3 is 5.97 Å². The Morgan fingerprint density at radius 2 is 2.06 bits per heavy atom. The summed E-state index contributed by atoms with van der Waals surface area (Å²) in [5, 5.41) is 17.9. The Labute approximate surface area is 103 Å². The molecular formula is C12H14FNO4. The fraction of sp³-hybridized carbons (Fsp3) is 0.333. The molecule has 1 amide bonds. The SMILES string of the molecule is CN(CCCC(=O)O)C(=O)c1ccc(F)cc1O. The number of amides is 1. The topological polar surface area (TPSA) is 77.8 Å². The quantitative estimate of drug-likeness (QED) is 0.835. The summed E-state index contributed by atoms with van der Waals surface area (Å²) in [6.45, 7) is 0.252. The van der Waals surface area contributed by atoms with Crippen molar-refractivity contribution in [1.29, 1.82) is 0 Å². The van der Waals surface area contributed by atoms with E-state index in [4.69, 9.17) is 5.11 Å². The molecule has 0 fully saturated rings. The van der Waals surface area contributed by atoms with Gasteiger partial charge in [0.1, 0.15) is 11.6 Å². The molecule has 0 aliphatic heterocycles. The molecule has 0 aliphatic carbocycles. The van der Waals surface area contributed by atoms with Crippen molar-refractivity contribution in [3.8, 4) is 5.75 Å². The van der Waals surface area contributed by atoms with E-state index in [0.717, 1.165) is 12.1 Å². The largest absolute Gasteiger partial charge is 0.507 e. The summed E-state index contributed by atoms with van der Waals surface area (Å²) >= 11 is 0. The number of phenolic OH excluding ortho intramolecular Hbond substituents is 1. The number of nitrogens with zero attached hydrogens (tertiary/aromatic N) is 1. The number of benzene rings is 1. The lowest BCUT2D eigenvalue weighted by molar-refractivity contribution is -0.137. The number of aliphatic carboxylic acids is 1. The van der Waals surface area contributed by atoms with Crippen LogP contribution in [0.2, 0.25) is 0 Å².